The highest BCUT2D eigenvalue weighted by Gasteiger charge is 2.41. The Kier molecular flexibility index (Phi) is 11.5. The number of rotatable bonds is 13. The van der Waals surface area contributed by atoms with Crippen molar-refractivity contribution in [3.63, 3.8) is 0 Å². The van der Waals surface area contributed by atoms with Crippen molar-refractivity contribution in [2.45, 2.75) is 77.6 Å². The lowest BCUT2D eigenvalue weighted by molar-refractivity contribution is -0.142. The zero-order valence-corrected chi connectivity index (χ0v) is 27.8. The summed E-state index contributed by atoms with van der Waals surface area (Å²) in [7, 11) is 0. The van der Waals surface area contributed by atoms with E-state index in [4.69, 9.17) is 9.57 Å². The number of nitrogens with zero attached hydrogens (tertiary/aromatic N) is 2. The Hall–Kier alpha value is -4.41. The molecule has 10 heteroatoms. The van der Waals surface area contributed by atoms with Gasteiger partial charge in [0, 0.05) is 19.1 Å². The highest BCUT2D eigenvalue weighted by atomic mass is 16.7. The van der Waals surface area contributed by atoms with Crippen LogP contribution in [-0.4, -0.2) is 71.7 Å². The van der Waals surface area contributed by atoms with Crippen LogP contribution in [0.25, 0.3) is 0 Å². The number of ether oxygens (including phenoxy) is 1. The first kappa shape index (κ1) is 33.9. The van der Waals surface area contributed by atoms with Crippen LogP contribution in [0, 0.1) is 19.8 Å². The highest BCUT2D eigenvalue weighted by molar-refractivity contribution is 5.87. The maximum atomic E-state index is 14.0. The molecule has 2 aliphatic rings. The predicted molar refractivity (Wildman–Crippen MR) is 180 cm³/mol. The zero-order chi connectivity index (χ0) is 33.3. The molecule has 0 aliphatic carbocycles. The Labute approximate surface area is 277 Å². The molecular weight excluding hydrogens is 594 g/mol. The van der Waals surface area contributed by atoms with E-state index in [9.17, 15) is 14.4 Å². The van der Waals surface area contributed by atoms with E-state index in [1.54, 1.807) is 4.90 Å². The normalized spacial score (nSPS) is 19.3. The van der Waals surface area contributed by atoms with Crippen molar-refractivity contribution >= 4 is 17.8 Å². The van der Waals surface area contributed by atoms with Crippen molar-refractivity contribution in [3.8, 4) is 5.75 Å². The van der Waals surface area contributed by atoms with Crippen molar-refractivity contribution in [1.82, 2.24) is 26.1 Å². The van der Waals surface area contributed by atoms with E-state index < -0.39 is 12.1 Å². The Morgan fingerprint density at radius 2 is 1.62 bits per heavy atom. The monoisotopic (exact) mass is 641 g/mol. The van der Waals surface area contributed by atoms with Crippen LogP contribution in [0.2, 0.25) is 0 Å². The van der Waals surface area contributed by atoms with Crippen LogP contribution < -0.4 is 21.0 Å². The molecule has 250 valence electrons. The maximum Gasteiger partial charge on any atom is 0.318 e. The van der Waals surface area contributed by atoms with Gasteiger partial charge in [-0.2, -0.15) is 0 Å². The van der Waals surface area contributed by atoms with Gasteiger partial charge in [0.15, 0.2) is 6.61 Å². The zero-order valence-electron chi connectivity index (χ0n) is 27.8. The summed E-state index contributed by atoms with van der Waals surface area (Å²) >= 11 is 0. The molecule has 2 fully saturated rings. The van der Waals surface area contributed by atoms with E-state index in [1.807, 2.05) is 107 Å². The number of benzene rings is 3. The van der Waals surface area contributed by atoms with Crippen molar-refractivity contribution in [1.29, 1.82) is 0 Å². The van der Waals surface area contributed by atoms with Gasteiger partial charge in [-0.05, 0) is 67.7 Å². The van der Waals surface area contributed by atoms with Crippen molar-refractivity contribution in [2.75, 3.05) is 19.7 Å². The summed E-state index contributed by atoms with van der Waals surface area (Å²) in [5.41, 5.74) is 6.94. The molecule has 0 radical (unpaired) electrons. The molecule has 2 aliphatic heterocycles. The summed E-state index contributed by atoms with van der Waals surface area (Å²) < 4.78 is 6.02. The lowest BCUT2D eigenvalue weighted by Crippen LogP contribution is -2.59. The summed E-state index contributed by atoms with van der Waals surface area (Å²) in [5, 5.41) is 7.69. The highest BCUT2D eigenvalue weighted by Crippen LogP contribution is 2.26. The Morgan fingerprint density at radius 3 is 2.26 bits per heavy atom. The molecule has 4 amide bonds. The van der Waals surface area contributed by atoms with Crippen LogP contribution in [0.15, 0.2) is 78.9 Å². The van der Waals surface area contributed by atoms with Gasteiger partial charge in [0.1, 0.15) is 17.9 Å². The number of amides is 4. The standard InChI is InChI=1S/C37H47N5O5/c1-25(2)34(41-20-12-19-38-37(41)45)36(44)39-30(21-28-15-7-5-8-16-28)23-32-31(22-29-17-9-6-10-18-29)42(40-47-32)33(43)24-46-35-26(3)13-11-14-27(35)4/h5-11,13-18,25,30-32,34,40H,12,19-24H2,1-4H3,(H,38,45)(H,39,44)/t30-,31-,32-,34-/m0/s1. The Morgan fingerprint density at radius 1 is 0.957 bits per heavy atom. The topological polar surface area (TPSA) is 112 Å². The molecule has 0 saturated carbocycles. The summed E-state index contributed by atoms with van der Waals surface area (Å²) in [6, 6.07) is 24.3. The third kappa shape index (κ3) is 8.69. The molecule has 3 aromatic carbocycles. The minimum atomic E-state index is -0.614. The minimum Gasteiger partial charge on any atom is -0.483 e. The quantitative estimate of drug-likeness (QED) is 0.254. The van der Waals surface area contributed by atoms with E-state index in [-0.39, 0.29) is 42.5 Å². The molecule has 47 heavy (non-hydrogen) atoms. The number of urea groups is 1. The number of hydrazine groups is 1. The minimum absolute atomic E-state index is 0.0866. The number of carbonyl (C=O) groups is 3. The van der Waals surface area contributed by atoms with Crippen molar-refractivity contribution in [3.05, 3.63) is 101 Å². The summed E-state index contributed by atoms with van der Waals surface area (Å²) in [6.45, 7) is 8.82. The Balaban J connectivity index is 1.36. The van der Waals surface area contributed by atoms with Gasteiger partial charge >= 0.3 is 6.03 Å². The molecule has 2 saturated heterocycles. The third-order valence-corrected chi connectivity index (χ3v) is 8.91. The van der Waals surface area contributed by atoms with E-state index >= 15 is 0 Å². The molecule has 4 atom stereocenters. The number of carbonyl (C=O) groups excluding carboxylic acids is 3. The second-order valence-corrected chi connectivity index (χ2v) is 12.9. The first-order valence-corrected chi connectivity index (χ1v) is 16.6. The number of hydrogen-bond acceptors (Lipinski definition) is 6. The fourth-order valence-electron chi connectivity index (χ4n) is 6.56. The van der Waals surface area contributed by atoms with Gasteiger partial charge in [-0.3, -0.25) is 14.4 Å². The molecule has 2 heterocycles. The SMILES string of the molecule is Cc1cccc(C)c1OCC(=O)N1NO[C@@H](C[C@H](Cc2ccccc2)NC(=O)[C@H](C(C)C)N2CCCNC2=O)[C@@H]1Cc1ccccc1. The van der Waals surface area contributed by atoms with Crippen LogP contribution in [0.4, 0.5) is 4.79 Å². The van der Waals surface area contributed by atoms with Crippen molar-refractivity contribution in [2.24, 2.45) is 5.92 Å². The Bertz CT molecular complexity index is 1480. The number of nitrogens with one attached hydrogen (secondary N) is 3. The molecule has 0 unspecified atom stereocenters. The molecule has 5 rings (SSSR count). The summed E-state index contributed by atoms with van der Waals surface area (Å²) in [6.07, 6.45) is 1.89. The molecule has 0 spiro atoms. The van der Waals surface area contributed by atoms with Gasteiger partial charge in [0.05, 0.1) is 6.04 Å². The van der Waals surface area contributed by atoms with Crippen LogP contribution >= 0.6 is 0 Å². The molecule has 0 bridgehead atoms. The van der Waals surface area contributed by atoms with Gasteiger partial charge in [0.25, 0.3) is 5.91 Å². The second kappa shape index (κ2) is 15.9. The summed E-state index contributed by atoms with van der Waals surface area (Å²) in [4.78, 5) is 48.1. The van der Waals surface area contributed by atoms with Gasteiger partial charge in [-0.25, -0.2) is 9.80 Å². The number of hydrogen-bond donors (Lipinski definition) is 3. The third-order valence-electron chi connectivity index (χ3n) is 8.91. The lowest BCUT2D eigenvalue weighted by Gasteiger charge is -2.37. The van der Waals surface area contributed by atoms with E-state index in [2.05, 4.69) is 16.2 Å². The van der Waals surface area contributed by atoms with Gasteiger partial charge in [0.2, 0.25) is 5.91 Å². The second-order valence-electron chi connectivity index (χ2n) is 12.9. The predicted octanol–water partition coefficient (Wildman–Crippen LogP) is 4.50. The van der Waals surface area contributed by atoms with Gasteiger partial charge in [-0.1, -0.05) is 92.7 Å². The molecule has 3 aromatic rings. The van der Waals surface area contributed by atoms with Crippen LogP contribution in [0.3, 0.4) is 0 Å². The first-order chi connectivity index (χ1) is 22.7. The van der Waals surface area contributed by atoms with Crippen molar-refractivity contribution < 1.29 is 24.0 Å². The molecular formula is C37H47N5O5. The smallest absolute Gasteiger partial charge is 0.318 e. The molecule has 0 aromatic heterocycles. The average molecular weight is 642 g/mol. The molecule has 3 N–H and O–H groups in total. The van der Waals surface area contributed by atoms with E-state index in [0.717, 1.165) is 28.7 Å². The molecule has 10 nitrogen and oxygen atoms in total. The fraction of sp³-hybridized carbons (Fsp3) is 0.432. The number of para-hydroxylation sites is 1. The maximum absolute atomic E-state index is 14.0. The van der Waals surface area contributed by atoms with E-state index in [1.165, 1.54) is 5.01 Å². The fourth-order valence-corrected chi connectivity index (χ4v) is 6.56. The van der Waals surface area contributed by atoms with E-state index in [0.29, 0.717) is 38.1 Å². The summed E-state index contributed by atoms with van der Waals surface area (Å²) in [5.74, 6) is 0.163. The van der Waals surface area contributed by atoms with Crippen LogP contribution in [0.1, 0.15) is 48.9 Å². The lowest BCUT2D eigenvalue weighted by atomic mass is 9.92. The largest absolute Gasteiger partial charge is 0.483 e. The average Bonchev–Trinajstić information content (AvgIpc) is 3.44. The van der Waals surface area contributed by atoms with Crippen LogP contribution in [-0.2, 0) is 27.3 Å². The van der Waals surface area contributed by atoms with Crippen LogP contribution in [0.5, 0.6) is 5.75 Å². The number of aryl methyl sites for hydroxylation is 2. The van der Waals surface area contributed by atoms with Gasteiger partial charge < -0.3 is 20.3 Å². The van der Waals surface area contributed by atoms with Gasteiger partial charge in [-0.15, -0.1) is 5.59 Å². The first-order valence-electron chi connectivity index (χ1n) is 16.6.